The number of amides is 2. The minimum Gasteiger partial charge on any atom is -0.354 e. The van der Waals surface area contributed by atoms with Crippen LogP contribution in [0.2, 0.25) is 0 Å². The van der Waals surface area contributed by atoms with Gasteiger partial charge in [0.05, 0.1) is 5.69 Å². The fourth-order valence-electron chi connectivity index (χ4n) is 3.08. The van der Waals surface area contributed by atoms with Gasteiger partial charge in [0.2, 0.25) is 5.91 Å². The van der Waals surface area contributed by atoms with Crippen LogP contribution in [0, 0.1) is 19.8 Å². The van der Waals surface area contributed by atoms with Crippen molar-refractivity contribution in [2.45, 2.75) is 26.7 Å². The first-order chi connectivity index (χ1) is 16.0. The molecule has 160 valence electrons. The molecule has 0 saturated heterocycles. The maximum atomic E-state index is 12.6. The van der Waals surface area contributed by atoms with Crippen LogP contribution in [0.1, 0.15) is 38.8 Å². The van der Waals surface area contributed by atoms with Crippen molar-refractivity contribution in [3.8, 4) is 11.4 Å². The summed E-state index contributed by atoms with van der Waals surface area (Å²) in [6.45, 7) is 1.02. The molecule has 1 aliphatic carbocycles. The molecule has 2 amide bonds. The van der Waals surface area contributed by atoms with Gasteiger partial charge in [0, 0.05) is 41.4 Å². The SMILES string of the molecule is [2H]C([2H])([2H])NC(=O)c1nnc(NC(=O)C2CC2)cc1Nc1cccc(-c2nc(C)n(C)n2)c1C. The van der Waals surface area contributed by atoms with Gasteiger partial charge in [0.25, 0.3) is 5.91 Å². The lowest BCUT2D eigenvalue weighted by Crippen LogP contribution is -2.22. The lowest BCUT2D eigenvalue weighted by molar-refractivity contribution is -0.117. The predicted octanol–water partition coefficient (Wildman–Crippen LogP) is 2.34. The van der Waals surface area contributed by atoms with Gasteiger partial charge >= 0.3 is 0 Å². The summed E-state index contributed by atoms with van der Waals surface area (Å²) in [7, 11) is 1.80. The Bertz CT molecular complexity index is 1250. The van der Waals surface area contributed by atoms with Crippen molar-refractivity contribution in [1.29, 1.82) is 0 Å². The summed E-state index contributed by atoms with van der Waals surface area (Å²) in [6.07, 6.45) is 1.63. The molecule has 0 bridgehead atoms. The maximum absolute atomic E-state index is 12.6. The summed E-state index contributed by atoms with van der Waals surface area (Å²) in [5, 5.41) is 20.0. The molecule has 0 unspecified atom stereocenters. The second kappa shape index (κ2) is 8.13. The van der Waals surface area contributed by atoms with E-state index < -0.39 is 12.9 Å². The molecule has 3 N–H and O–H groups in total. The number of nitrogens with one attached hydrogen (secondary N) is 3. The number of nitrogens with zero attached hydrogens (tertiary/aromatic N) is 5. The summed E-state index contributed by atoms with van der Waals surface area (Å²) in [5.41, 5.74) is 2.17. The molecule has 1 fully saturated rings. The Morgan fingerprint density at radius 3 is 2.68 bits per heavy atom. The van der Waals surface area contributed by atoms with Gasteiger partial charge < -0.3 is 16.0 Å². The Hall–Kier alpha value is -3.82. The predicted molar refractivity (Wildman–Crippen MR) is 116 cm³/mol. The highest BCUT2D eigenvalue weighted by molar-refractivity contribution is 5.99. The monoisotopic (exact) mass is 423 g/mol. The fourth-order valence-corrected chi connectivity index (χ4v) is 3.08. The summed E-state index contributed by atoms with van der Waals surface area (Å²) in [5.74, 6) is 0.309. The average Bonchev–Trinajstić information content (AvgIpc) is 3.54. The Kier molecular flexibility index (Phi) is 4.44. The van der Waals surface area contributed by atoms with Crippen molar-refractivity contribution in [1.82, 2.24) is 30.3 Å². The zero-order valence-electron chi connectivity index (χ0n) is 20.4. The lowest BCUT2D eigenvalue weighted by atomic mass is 10.1. The van der Waals surface area contributed by atoms with E-state index in [9.17, 15) is 9.59 Å². The van der Waals surface area contributed by atoms with Gasteiger partial charge in [0.1, 0.15) is 5.82 Å². The van der Waals surface area contributed by atoms with Crippen molar-refractivity contribution in [3.63, 3.8) is 0 Å². The zero-order valence-corrected chi connectivity index (χ0v) is 17.4. The topological polar surface area (TPSA) is 127 Å². The number of benzene rings is 1. The third-order valence-corrected chi connectivity index (χ3v) is 5.15. The normalized spacial score (nSPS) is 14.9. The van der Waals surface area contributed by atoms with Crippen molar-refractivity contribution >= 4 is 29.0 Å². The second-order valence-corrected chi connectivity index (χ2v) is 7.42. The number of aryl methyl sites for hydroxylation is 2. The zero-order chi connectivity index (χ0) is 24.6. The summed E-state index contributed by atoms with van der Waals surface area (Å²) >= 11 is 0. The summed E-state index contributed by atoms with van der Waals surface area (Å²) in [6, 6.07) is 6.94. The molecule has 2 aromatic heterocycles. The van der Waals surface area contributed by atoms with Crippen molar-refractivity contribution in [2.75, 3.05) is 17.6 Å². The minimum absolute atomic E-state index is 0.0509. The smallest absolute Gasteiger partial charge is 0.273 e. The van der Waals surface area contributed by atoms with Gasteiger partial charge in [-0.05, 0) is 38.3 Å². The molecular formula is C21H24N8O2. The van der Waals surface area contributed by atoms with E-state index in [0.717, 1.165) is 29.8 Å². The number of aromatic nitrogens is 5. The van der Waals surface area contributed by atoms with Crippen LogP contribution in [0.4, 0.5) is 17.2 Å². The van der Waals surface area contributed by atoms with Gasteiger partial charge in [-0.1, -0.05) is 12.1 Å². The standard InChI is InChI=1S/C21H24N8O2/c1-11-14(19-23-12(2)29(4)28-19)6-5-7-15(11)24-16-10-17(25-20(30)13-8-9-13)26-27-18(16)21(31)22-3/h5-7,10,13H,8-9H2,1-4H3,(H,22,31)(H2,24,25,26,30)/i3D3. The highest BCUT2D eigenvalue weighted by Gasteiger charge is 2.30. The number of rotatable bonds is 6. The summed E-state index contributed by atoms with van der Waals surface area (Å²) < 4.78 is 23.7. The van der Waals surface area contributed by atoms with Gasteiger partial charge in [0.15, 0.2) is 17.3 Å². The molecule has 10 heteroatoms. The third kappa shape index (κ3) is 4.23. The molecular weight excluding hydrogens is 396 g/mol. The highest BCUT2D eigenvalue weighted by atomic mass is 16.2. The van der Waals surface area contributed by atoms with Crippen LogP contribution >= 0.6 is 0 Å². The van der Waals surface area contributed by atoms with E-state index in [1.165, 1.54) is 6.07 Å². The van der Waals surface area contributed by atoms with Crippen LogP contribution in [0.3, 0.4) is 0 Å². The van der Waals surface area contributed by atoms with E-state index in [-0.39, 0.29) is 29.0 Å². The van der Waals surface area contributed by atoms with Crippen LogP contribution in [0.25, 0.3) is 11.4 Å². The lowest BCUT2D eigenvalue weighted by Gasteiger charge is -2.15. The number of carbonyl (C=O) groups is 2. The number of hydrogen-bond donors (Lipinski definition) is 3. The third-order valence-electron chi connectivity index (χ3n) is 5.15. The van der Waals surface area contributed by atoms with Crippen LogP contribution in [0.5, 0.6) is 0 Å². The van der Waals surface area contributed by atoms with Crippen LogP contribution in [-0.2, 0) is 11.8 Å². The first kappa shape index (κ1) is 16.9. The maximum Gasteiger partial charge on any atom is 0.273 e. The Balaban J connectivity index is 1.70. The molecule has 0 aliphatic heterocycles. The highest BCUT2D eigenvalue weighted by Crippen LogP contribution is 2.32. The molecule has 10 nitrogen and oxygen atoms in total. The van der Waals surface area contributed by atoms with Crippen LogP contribution in [-0.4, -0.2) is 43.8 Å². The van der Waals surface area contributed by atoms with Crippen LogP contribution in [0.15, 0.2) is 24.3 Å². The van der Waals surface area contributed by atoms with Crippen molar-refractivity contribution < 1.29 is 13.7 Å². The van der Waals surface area contributed by atoms with Crippen LogP contribution < -0.4 is 16.0 Å². The van der Waals surface area contributed by atoms with E-state index in [1.807, 2.05) is 31.3 Å². The van der Waals surface area contributed by atoms with E-state index in [2.05, 4.69) is 30.9 Å². The molecule has 0 spiro atoms. The molecule has 2 heterocycles. The minimum atomic E-state index is -2.70. The molecule has 0 radical (unpaired) electrons. The molecule has 31 heavy (non-hydrogen) atoms. The van der Waals surface area contributed by atoms with Crippen molar-refractivity contribution in [3.05, 3.63) is 41.3 Å². The molecule has 1 aromatic carbocycles. The molecule has 0 atom stereocenters. The van der Waals surface area contributed by atoms with Gasteiger partial charge in [-0.3, -0.25) is 14.3 Å². The largest absolute Gasteiger partial charge is 0.354 e. The quantitative estimate of drug-likeness (QED) is 0.555. The van der Waals surface area contributed by atoms with E-state index in [1.54, 1.807) is 17.8 Å². The van der Waals surface area contributed by atoms with E-state index in [4.69, 9.17) is 4.11 Å². The van der Waals surface area contributed by atoms with E-state index >= 15 is 0 Å². The molecule has 1 saturated carbocycles. The first-order valence-corrected chi connectivity index (χ1v) is 9.77. The fraction of sp³-hybridized carbons (Fsp3) is 0.333. The Morgan fingerprint density at radius 2 is 2.00 bits per heavy atom. The molecule has 1 aliphatic rings. The molecule has 4 rings (SSSR count). The summed E-state index contributed by atoms with van der Waals surface area (Å²) in [4.78, 5) is 29.3. The molecule has 3 aromatic rings. The number of hydrogen-bond acceptors (Lipinski definition) is 7. The second-order valence-electron chi connectivity index (χ2n) is 7.42. The number of carbonyl (C=O) groups excluding carboxylic acids is 2. The van der Waals surface area contributed by atoms with Crippen molar-refractivity contribution in [2.24, 2.45) is 13.0 Å². The first-order valence-electron chi connectivity index (χ1n) is 11.3. The Morgan fingerprint density at radius 1 is 1.19 bits per heavy atom. The van der Waals surface area contributed by atoms with Gasteiger partial charge in [-0.15, -0.1) is 10.2 Å². The number of anilines is 3. The average molecular weight is 423 g/mol. The van der Waals surface area contributed by atoms with Gasteiger partial charge in [-0.25, -0.2) is 4.98 Å². The Labute approximate surface area is 183 Å². The van der Waals surface area contributed by atoms with E-state index in [0.29, 0.717) is 11.5 Å². The van der Waals surface area contributed by atoms with Gasteiger partial charge in [-0.2, -0.15) is 5.10 Å².